The van der Waals surface area contributed by atoms with Gasteiger partial charge in [0.05, 0.1) is 0 Å². The fraction of sp³-hybridized carbons (Fsp3) is 0.417. The van der Waals surface area contributed by atoms with Gasteiger partial charge in [0.1, 0.15) is 0 Å². The van der Waals surface area contributed by atoms with E-state index in [1.165, 1.54) is 0 Å². The van der Waals surface area contributed by atoms with E-state index in [9.17, 15) is 4.79 Å². The molecule has 0 spiro atoms. The average Bonchev–Trinajstić information content (AvgIpc) is 2.16. The molecule has 16 heavy (non-hydrogen) atoms. The summed E-state index contributed by atoms with van der Waals surface area (Å²) in [5.41, 5.74) is 0.723. The van der Waals surface area contributed by atoms with Gasteiger partial charge in [0.15, 0.2) is 0 Å². The Bertz CT molecular complexity index is 368. The lowest BCUT2D eigenvalue weighted by Crippen LogP contribution is -2.33. The molecule has 2 atom stereocenters. The summed E-state index contributed by atoms with van der Waals surface area (Å²) in [6.07, 6.45) is 0.926. The Morgan fingerprint density at radius 1 is 1.50 bits per heavy atom. The zero-order chi connectivity index (χ0) is 12.1. The van der Waals surface area contributed by atoms with Crippen molar-refractivity contribution in [3.05, 3.63) is 33.4 Å². The molecule has 0 bridgehead atoms. The van der Waals surface area contributed by atoms with Crippen LogP contribution in [0.15, 0.2) is 24.3 Å². The number of halogens is 2. The van der Waals surface area contributed by atoms with E-state index in [2.05, 4.69) is 50.8 Å². The molecule has 2 unspecified atom stereocenters. The third kappa shape index (κ3) is 4.82. The Morgan fingerprint density at radius 3 is 2.75 bits per heavy atom. The standard InChI is InChI=1S/C12H15BrINO/c1-8(13)6-9(2)15-12(16)10-4-3-5-11(14)7-10/h3-5,7-9H,6H2,1-2H3,(H,15,16). The molecule has 0 fully saturated rings. The summed E-state index contributed by atoms with van der Waals surface area (Å²) < 4.78 is 1.08. The number of hydrogen-bond donors (Lipinski definition) is 1. The molecule has 0 radical (unpaired) electrons. The number of carbonyl (C=O) groups is 1. The SMILES string of the molecule is CC(Br)CC(C)NC(=O)c1cccc(I)c1. The van der Waals surface area contributed by atoms with Crippen molar-refractivity contribution in [1.82, 2.24) is 5.32 Å². The highest BCUT2D eigenvalue weighted by Gasteiger charge is 2.11. The Labute approximate surface area is 118 Å². The van der Waals surface area contributed by atoms with Crippen LogP contribution in [0.1, 0.15) is 30.6 Å². The number of hydrogen-bond acceptors (Lipinski definition) is 1. The molecular weight excluding hydrogens is 381 g/mol. The lowest BCUT2D eigenvalue weighted by Gasteiger charge is -2.15. The van der Waals surface area contributed by atoms with Crippen LogP contribution in [-0.2, 0) is 0 Å². The number of alkyl halides is 1. The van der Waals surface area contributed by atoms with Gasteiger partial charge < -0.3 is 5.32 Å². The van der Waals surface area contributed by atoms with Gasteiger partial charge in [-0.25, -0.2) is 0 Å². The van der Waals surface area contributed by atoms with E-state index < -0.39 is 0 Å². The largest absolute Gasteiger partial charge is 0.350 e. The molecule has 1 N–H and O–H groups in total. The second kappa shape index (κ2) is 6.59. The van der Waals surface area contributed by atoms with Gasteiger partial charge in [-0.15, -0.1) is 0 Å². The monoisotopic (exact) mass is 395 g/mol. The van der Waals surface area contributed by atoms with Crippen LogP contribution in [0.2, 0.25) is 0 Å². The zero-order valence-electron chi connectivity index (χ0n) is 9.34. The van der Waals surface area contributed by atoms with Gasteiger partial charge >= 0.3 is 0 Å². The second-order valence-corrected chi connectivity index (χ2v) is 6.71. The molecule has 0 saturated heterocycles. The fourth-order valence-electron chi connectivity index (χ4n) is 1.48. The zero-order valence-corrected chi connectivity index (χ0v) is 13.1. The minimum absolute atomic E-state index is 0.000772. The van der Waals surface area contributed by atoms with E-state index >= 15 is 0 Å². The van der Waals surface area contributed by atoms with Gasteiger partial charge in [0.2, 0.25) is 0 Å². The third-order valence-corrected chi connectivity index (χ3v) is 3.19. The highest BCUT2D eigenvalue weighted by molar-refractivity contribution is 14.1. The number of carbonyl (C=O) groups excluding carboxylic acids is 1. The molecule has 1 aromatic rings. The van der Waals surface area contributed by atoms with Crippen LogP contribution < -0.4 is 5.32 Å². The van der Waals surface area contributed by atoms with Crippen LogP contribution in [0, 0.1) is 3.57 Å². The molecule has 0 aliphatic rings. The molecule has 0 heterocycles. The van der Waals surface area contributed by atoms with Crippen molar-refractivity contribution in [2.24, 2.45) is 0 Å². The average molecular weight is 396 g/mol. The molecule has 0 aliphatic carbocycles. The van der Waals surface area contributed by atoms with Crippen molar-refractivity contribution in [2.75, 3.05) is 0 Å². The van der Waals surface area contributed by atoms with Crippen molar-refractivity contribution in [3.63, 3.8) is 0 Å². The van der Waals surface area contributed by atoms with Crippen LogP contribution in [0.3, 0.4) is 0 Å². The predicted molar refractivity (Wildman–Crippen MR) is 79.1 cm³/mol. The molecule has 4 heteroatoms. The summed E-state index contributed by atoms with van der Waals surface area (Å²) >= 11 is 5.69. The van der Waals surface area contributed by atoms with Crippen molar-refractivity contribution < 1.29 is 4.79 Å². The normalized spacial score (nSPS) is 14.2. The van der Waals surface area contributed by atoms with Gasteiger partial charge in [-0.1, -0.05) is 28.9 Å². The maximum Gasteiger partial charge on any atom is 0.251 e. The maximum atomic E-state index is 11.9. The van der Waals surface area contributed by atoms with Crippen LogP contribution >= 0.6 is 38.5 Å². The second-order valence-electron chi connectivity index (χ2n) is 3.90. The van der Waals surface area contributed by atoms with Gasteiger partial charge in [0.25, 0.3) is 5.91 Å². The number of benzene rings is 1. The Kier molecular flexibility index (Phi) is 5.75. The van der Waals surface area contributed by atoms with Crippen LogP contribution in [0.25, 0.3) is 0 Å². The predicted octanol–water partition coefficient (Wildman–Crippen LogP) is 3.58. The molecular formula is C12H15BrINO. The lowest BCUT2D eigenvalue weighted by molar-refractivity contribution is 0.0938. The number of nitrogens with one attached hydrogen (secondary N) is 1. The van der Waals surface area contributed by atoms with E-state index in [4.69, 9.17) is 0 Å². The molecule has 88 valence electrons. The molecule has 0 aromatic heterocycles. The van der Waals surface area contributed by atoms with Crippen molar-refractivity contribution in [2.45, 2.75) is 31.1 Å². The lowest BCUT2D eigenvalue weighted by atomic mass is 10.1. The van der Waals surface area contributed by atoms with Gasteiger partial charge in [-0.05, 0) is 54.1 Å². The summed E-state index contributed by atoms with van der Waals surface area (Å²) in [6, 6.07) is 7.78. The van der Waals surface area contributed by atoms with Crippen molar-refractivity contribution in [1.29, 1.82) is 0 Å². The summed E-state index contributed by atoms with van der Waals surface area (Å²) in [6.45, 7) is 4.09. The minimum atomic E-state index is -0.000772. The highest BCUT2D eigenvalue weighted by atomic mass is 127. The van der Waals surface area contributed by atoms with E-state index in [1.807, 2.05) is 31.2 Å². The van der Waals surface area contributed by atoms with E-state index in [0.717, 1.165) is 15.6 Å². The van der Waals surface area contributed by atoms with E-state index in [1.54, 1.807) is 0 Å². The smallest absolute Gasteiger partial charge is 0.251 e. The summed E-state index contributed by atoms with van der Waals surface area (Å²) in [4.78, 5) is 12.3. The van der Waals surface area contributed by atoms with Gasteiger partial charge in [-0.3, -0.25) is 4.79 Å². The molecule has 1 aromatic carbocycles. The van der Waals surface area contributed by atoms with Gasteiger partial charge in [0, 0.05) is 20.0 Å². The Balaban J connectivity index is 2.59. The molecule has 0 saturated carbocycles. The minimum Gasteiger partial charge on any atom is -0.350 e. The van der Waals surface area contributed by atoms with Crippen LogP contribution in [0.5, 0.6) is 0 Å². The van der Waals surface area contributed by atoms with E-state index in [0.29, 0.717) is 4.83 Å². The van der Waals surface area contributed by atoms with E-state index in [-0.39, 0.29) is 11.9 Å². The summed E-state index contributed by atoms with van der Waals surface area (Å²) in [5.74, 6) is -0.000772. The third-order valence-electron chi connectivity index (χ3n) is 2.14. The van der Waals surface area contributed by atoms with Crippen molar-refractivity contribution >= 4 is 44.4 Å². The molecule has 2 nitrogen and oxygen atoms in total. The summed E-state index contributed by atoms with van der Waals surface area (Å²) in [7, 11) is 0. The van der Waals surface area contributed by atoms with Gasteiger partial charge in [-0.2, -0.15) is 0 Å². The molecule has 1 amide bonds. The first-order valence-corrected chi connectivity index (χ1v) is 7.19. The summed E-state index contributed by atoms with van der Waals surface area (Å²) in [5, 5.41) is 2.98. The quantitative estimate of drug-likeness (QED) is 0.612. The topological polar surface area (TPSA) is 29.1 Å². The number of amides is 1. The Hall–Kier alpha value is -0.100. The first-order chi connectivity index (χ1) is 7.49. The van der Waals surface area contributed by atoms with Crippen LogP contribution in [-0.4, -0.2) is 16.8 Å². The maximum absolute atomic E-state index is 11.9. The fourth-order valence-corrected chi connectivity index (χ4v) is 2.59. The van der Waals surface area contributed by atoms with Crippen molar-refractivity contribution in [3.8, 4) is 0 Å². The Morgan fingerprint density at radius 2 is 2.19 bits per heavy atom. The molecule has 1 rings (SSSR count). The van der Waals surface area contributed by atoms with Crippen LogP contribution in [0.4, 0.5) is 0 Å². The molecule has 0 aliphatic heterocycles. The first kappa shape index (κ1) is 14.0. The number of rotatable bonds is 4. The highest BCUT2D eigenvalue weighted by Crippen LogP contribution is 2.10. The first-order valence-electron chi connectivity index (χ1n) is 5.19.